The number of nitrogens with zero attached hydrogens (tertiary/aromatic N) is 3. The van der Waals surface area contributed by atoms with E-state index in [0.717, 1.165) is 4.88 Å². The van der Waals surface area contributed by atoms with Crippen LogP contribution < -0.4 is 10.5 Å². The molecular formula is C19H14FN5O3S2. The summed E-state index contributed by atoms with van der Waals surface area (Å²) in [4.78, 5) is 17.6. The molecular weight excluding hydrogens is 429 g/mol. The molecule has 0 saturated heterocycles. The Hall–Kier alpha value is -3.41. The van der Waals surface area contributed by atoms with Gasteiger partial charge < -0.3 is 5.32 Å². The zero-order chi connectivity index (χ0) is 21.3. The number of thiophene rings is 1. The maximum atomic E-state index is 13.7. The van der Waals surface area contributed by atoms with Crippen LogP contribution in [0.5, 0.6) is 0 Å². The normalized spacial score (nSPS) is 11.4. The van der Waals surface area contributed by atoms with E-state index in [1.54, 1.807) is 6.07 Å². The van der Waals surface area contributed by atoms with Crippen LogP contribution >= 0.6 is 11.3 Å². The fourth-order valence-electron chi connectivity index (χ4n) is 2.70. The Kier molecular flexibility index (Phi) is 5.16. The lowest BCUT2D eigenvalue weighted by Crippen LogP contribution is -2.16. The average Bonchev–Trinajstić information content (AvgIpc) is 3.37. The Bertz CT molecular complexity index is 1330. The second-order valence-corrected chi connectivity index (χ2v) is 8.66. The maximum Gasteiger partial charge on any atom is 0.295 e. The third-order valence-electron chi connectivity index (χ3n) is 4.03. The van der Waals surface area contributed by atoms with Crippen LogP contribution in [0.15, 0.2) is 70.9 Å². The molecule has 0 aliphatic heterocycles. The summed E-state index contributed by atoms with van der Waals surface area (Å²) < 4.78 is 38.1. The number of hydrogen-bond donors (Lipinski definition) is 2. The summed E-state index contributed by atoms with van der Waals surface area (Å²) in [6, 6.07) is 14.9. The number of amides is 1. The number of nitrogens with two attached hydrogens (primary N) is 1. The molecule has 152 valence electrons. The van der Waals surface area contributed by atoms with Crippen LogP contribution in [0.4, 0.5) is 10.1 Å². The number of anilines is 1. The molecule has 0 atom stereocenters. The number of carbonyl (C=O) groups excluding carboxylic acids is 1. The number of halogens is 1. The first-order valence-corrected chi connectivity index (χ1v) is 10.9. The molecule has 8 nitrogen and oxygen atoms in total. The Balaban J connectivity index is 1.71. The van der Waals surface area contributed by atoms with E-state index in [-0.39, 0.29) is 16.4 Å². The van der Waals surface area contributed by atoms with E-state index in [4.69, 9.17) is 5.14 Å². The van der Waals surface area contributed by atoms with Gasteiger partial charge in [-0.15, -0.1) is 16.4 Å². The Morgan fingerprint density at radius 2 is 1.90 bits per heavy atom. The van der Waals surface area contributed by atoms with Crippen molar-refractivity contribution in [1.82, 2.24) is 14.8 Å². The van der Waals surface area contributed by atoms with E-state index < -0.39 is 21.7 Å². The smallest absolute Gasteiger partial charge is 0.295 e. The number of benzene rings is 2. The van der Waals surface area contributed by atoms with Crippen LogP contribution in [0.2, 0.25) is 0 Å². The number of sulfonamides is 1. The molecule has 2 aromatic carbocycles. The number of carbonyl (C=O) groups is 1. The zero-order valence-corrected chi connectivity index (χ0v) is 16.8. The SMILES string of the molecule is NS(=O)(=O)c1cccc(NC(=O)c2nc(-c3cccs3)n(-c3cccc(F)c3)n2)c1. The Labute approximate surface area is 174 Å². The summed E-state index contributed by atoms with van der Waals surface area (Å²) in [5.41, 5.74) is 0.618. The zero-order valence-electron chi connectivity index (χ0n) is 15.2. The molecule has 0 bridgehead atoms. The van der Waals surface area contributed by atoms with Gasteiger partial charge in [-0.2, -0.15) is 0 Å². The lowest BCUT2D eigenvalue weighted by Gasteiger charge is -2.05. The van der Waals surface area contributed by atoms with Gasteiger partial charge in [-0.05, 0) is 47.8 Å². The molecule has 1 amide bonds. The van der Waals surface area contributed by atoms with Gasteiger partial charge >= 0.3 is 0 Å². The monoisotopic (exact) mass is 443 g/mol. The molecule has 30 heavy (non-hydrogen) atoms. The van der Waals surface area contributed by atoms with Crippen LogP contribution in [-0.4, -0.2) is 29.1 Å². The highest BCUT2D eigenvalue weighted by atomic mass is 32.2. The summed E-state index contributed by atoms with van der Waals surface area (Å²) >= 11 is 1.39. The molecule has 2 heterocycles. The molecule has 0 radical (unpaired) electrons. The van der Waals surface area contributed by atoms with Crippen molar-refractivity contribution in [3.05, 3.63) is 77.7 Å². The number of hydrogen-bond acceptors (Lipinski definition) is 6. The standard InChI is InChI=1S/C19H14FN5O3S2/c20-12-4-1-6-14(10-12)25-18(16-8-3-9-29-16)23-17(24-25)19(26)22-13-5-2-7-15(11-13)30(21,27)28/h1-11H,(H,22,26)(H2,21,27,28). The second kappa shape index (κ2) is 7.78. The summed E-state index contributed by atoms with van der Waals surface area (Å²) in [5, 5.41) is 13.8. The second-order valence-electron chi connectivity index (χ2n) is 6.15. The molecule has 2 aromatic heterocycles. The van der Waals surface area contributed by atoms with Crippen molar-refractivity contribution in [2.24, 2.45) is 5.14 Å². The Morgan fingerprint density at radius 1 is 1.10 bits per heavy atom. The lowest BCUT2D eigenvalue weighted by molar-refractivity contribution is 0.101. The highest BCUT2D eigenvalue weighted by Gasteiger charge is 2.20. The first kappa shape index (κ1) is 19.9. The first-order chi connectivity index (χ1) is 14.3. The predicted octanol–water partition coefficient (Wildman–Crippen LogP) is 3.03. The van der Waals surface area contributed by atoms with Gasteiger partial charge in [0.15, 0.2) is 5.82 Å². The fraction of sp³-hybridized carbons (Fsp3) is 0. The molecule has 11 heteroatoms. The topological polar surface area (TPSA) is 120 Å². The molecule has 0 unspecified atom stereocenters. The molecule has 0 fully saturated rings. The lowest BCUT2D eigenvalue weighted by atomic mass is 10.3. The molecule has 4 rings (SSSR count). The van der Waals surface area contributed by atoms with Gasteiger partial charge in [-0.1, -0.05) is 18.2 Å². The molecule has 4 aromatic rings. The van der Waals surface area contributed by atoms with Crippen molar-refractivity contribution in [3.63, 3.8) is 0 Å². The summed E-state index contributed by atoms with van der Waals surface area (Å²) in [6.45, 7) is 0. The van der Waals surface area contributed by atoms with Crippen molar-refractivity contribution in [1.29, 1.82) is 0 Å². The molecule has 0 aliphatic rings. The van der Waals surface area contributed by atoms with Crippen molar-refractivity contribution in [3.8, 4) is 16.4 Å². The van der Waals surface area contributed by atoms with Gasteiger partial charge in [0, 0.05) is 5.69 Å². The van der Waals surface area contributed by atoms with E-state index in [1.165, 1.54) is 58.5 Å². The third kappa shape index (κ3) is 4.13. The van der Waals surface area contributed by atoms with Gasteiger partial charge in [0.25, 0.3) is 5.91 Å². The van der Waals surface area contributed by atoms with E-state index >= 15 is 0 Å². The van der Waals surface area contributed by atoms with Gasteiger partial charge in [-0.3, -0.25) is 4.79 Å². The minimum Gasteiger partial charge on any atom is -0.319 e. The Morgan fingerprint density at radius 3 is 2.60 bits per heavy atom. The average molecular weight is 443 g/mol. The third-order valence-corrected chi connectivity index (χ3v) is 5.80. The molecule has 0 saturated carbocycles. The molecule has 0 aliphatic carbocycles. The van der Waals surface area contributed by atoms with Crippen molar-refractivity contribution < 1.29 is 17.6 Å². The van der Waals surface area contributed by atoms with E-state index in [2.05, 4.69) is 15.4 Å². The van der Waals surface area contributed by atoms with Gasteiger partial charge in [0.05, 0.1) is 15.5 Å². The van der Waals surface area contributed by atoms with Crippen LogP contribution in [0.3, 0.4) is 0 Å². The van der Waals surface area contributed by atoms with Crippen LogP contribution in [0, 0.1) is 5.82 Å². The summed E-state index contributed by atoms with van der Waals surface area (Å²) in [6.07, 6.45) is 0. The van der Waals surface area contributed by atoms with Crippen molar-refractivity contribution >= 4 is 33.0 Å². The predicted molar refractivity (Wildman–Crippen MR) is 110 cm³/mol. The maximum absolute atomic E-state index is 13.7. The van der Waals surface area contributed by atoms with Crippen LogP contribution in [0.1, 0.15) is 10.6 Å². The van der Waals surface area contributed by atoms with E-state index in [9.17, 15) is 17.6 Å². The van der Waals surface area contributed by atoms with Crippen LogP contribution in [0.25, 0.3) is 16.4 Å². The van der Waals surface area contributed by atoms with Gasteiger partial charge in [0.1, 0.15) is 5.82 Å². The van der Waals surface area contributed by atoms with E-state index in [1.807, 2.05) is 17.5 Å². The van der Waals surface area contributed by atoms with Crippen molar-refractivity contribution in [2.45, 2.75) is 4.90 Å². The first-order valence-electron chi connectivity index (χ1n) is 8.52. The summed E-state index contributed by atoms with van der Waals surface area (Å²) in [7, 11) is -3.92. The van der Waals surface area contributed by atoms with Crippen LogP contribution in [-0.2, 0) is 10.0 Å². The largest absolute Gasteiger partial charge is 0.319 e. The van der Waals surface area contributed by atoms with Gasteiger partial charge in [0.2, 0.25) is 15.8 Å². The van der Waals surface area contributed by atoms with Crippen molar-refractivity contribution in [2.75, 3.05) is 5.32 Å². The minimum absolute atomic E-state index is 0.141. The van der Waals surface area contributed by atoms with Gasteiger partial charge in [-0.25, -0.2) is 27.6 Å². The summed E-state index contributed by atoms with van der Waals surface area (Å²) in [5.74, 6) is -0.900. The number of aromatic nitrogens is 3. The minimum atomic E-state index is -3.92. The quantitative estimate of drug-likeness (QED) is 0.491. The number of primary sulfonamides is 1. The van der Waals surface area contributed by atoms with E-state index in [0.29, 0.717) is 11.5 Å². The molecule has 3 N–H and O–H groups in total. The highest BCUT2D eigenvalue weighted by Crippen LogP contribution is 2.26. The number of nitrogens with one attached hydrogen (secondary N) is 1. The fourth-order valence-corrected chi connectivity index (χ4v) is 3.96. The highest BCUT2D eigenvalue weighted by molar-refractivity contribution is 7.89. The number of rotatable bonds is 5. The molecule has 0 spiro atoms.